The molecule has 0 fully saturated rings. The number of ether oxygens (including phenoxy) is 2. The van der Waals surface area contributed by atoms with Gasteiger partial charge < -0.3 is 20.9 Å². The summed E-state index contributed by atoms with van der Waals surface area (Å²) in [5, 5.41) is 0. The third kappa shape index (κ3) is 8.99. The van der Waals surface area contributed by atoms with E-state index < -0.39 is 11.8 Å². The van der Waals surface area contributed by atoms with Crippen LogP contribution in [0.4, 0.5) is 0 Å². The zero-order valence-corrected chi connectivity index (χ0v) is 17.9. The molecule has 0 saturated carbocycles. The Labute approximate surface area is 186 Å². The first kappa shape index (κ1) is 24.6. The van der Waals surface area contributed by atoms with E-state index in [-0.39, 0.29) is 11.9 Å². The molecule has 0 spiro atoms. The van der Waals surface area contributed by atoms with Crippen LogP contribution in [0.2, 0.25) is 0 Å². The quantitative estimate of drug-likeness (QED) is 0.278. The molecule has 0 saturated heterocycles. The largest absolute Gasteiger partial charge is 0.427 e. The van der Waals surface area contributed by atoms with Crippen molar-refractivity contribution in [3.63, 3.8) is 0 Å². The van der Waals surface area contributed by atoms with Crippen LogP contribution in [0.3, 0.4) is 0 Å². The van der Waals surface area contributed by atoms with Crippen LogP contribution in [-0.4, -0.2) is 23.8 Å². The smallest absolute Gasteiger partial charge is 0.311 e. The number of benzene rings is 2. The van der Waals surface area contributed by atoms with Crippen molar-refractivity contribution in [2.45, 2.75) is 51.4 Å². The van der Waals surface area contributed by atoms with Crippen molar-refractivity contribution in [1.82, 2.24) is 0 Å². The number of primary amides is 2. The minimum Gasteiger partial charge on any atom is -0.427 e. The Morgan fingerprint density at radius 2 is 0.844 bits per heavy atom. The Morgan fingerprint density at radius 3 is 1.16 bits per heavy atom. The molecule has 4 N–H and O–H groups in total. The third-order valence-corrected chi connectivity index (χ3v) is 4.75. The lowest BCUT2D eigenvalue weighted by Gasteiger charge is -2.06. The fourth-order valence-electron chi connectivity index (χ4n) is 2.99. The molecule has 0 aromatic heterocycles. The highest BCUT2D eigenvalue weighted by Gasteiger charge is 2.08. The van der Waals surface area contributed by atoms with Crippen molar-refractivity contribution < 1.29 is 28.7 Å². The summed E-state index contributed by atoms with van der Waals surface area (Å²) in [5.41, 5.74) is 11.0. The lowest BCUT2D eigenvalue weighted by Crippen LogP contribution is -2.11. The molecule has 0 aliphatic heterocycles. The molecule has 2 aromatic rings. The van der Waals surface area contributed by atoms with Gasteiger partial charge in [0.1, 0.15) is 11.5 Å². The third-order valence-electron chi connectivity index (χ3n) is 4.75. The number of amides is 2. The molecule has 32 heavy (non-hydrogen) atoms. The van der Waals surface area contributed by atoms with Crippen molar-refractivity contribution in [2.75, 3.05) is 0 Å². The van der Waals surface area contributed by atoms with E-state index in [1.54, 1.807) is 24.3 Å². The number of nitrogens with two attached hydrogens (primary N) is 2. The number of hydrogen-bond donors (Lipinski definition) is 2. The van der Waals surface area contributed by atoms with Crippen molar-refractivity contribution >= 4 is 23.8 Å². The Bertz CT molecular complexity index is 845. The molecule has 2 amide bonds. The van der Waals surface area contributed by atoms with Gasteiger partial charge in [-0.15, -0.1) is 0 Å². The van der Waals surface area contributed by atoms with Crippen molar-refractivity contribution in [1.29, 1.82) is 0 Å². The average molecular weight is 440 g/mol. The molecule has 0 atom stereocenters. The summed E-state index contributed by atoms with van der Waals surface area (Å²) < 4.78 is 10.4. The fourth-order valence-corrected chi connectivity index (χ4v) is 2.99. The lowest BCUT2D eigenvalue weighted by molar-refractivity contribution is -0.135. The van der Waals surface area contributed by atoms with Crippen LogP contribution in [0.15, 0.2) is 48.5 Å². The van der Waals surface area contributed by atoms with Gasteiger partial charge >= 0.3 is 11.9 Å². The fraction of sp³-hybridized carbons (Fsp3) is 0.333. The van der Waals surface area contributed by atoms with E-state index in [4.69, 9.17) is 20.9 Å². The molecule has 2 rings (SSSR count). The SMILES string of the molecule is NC(=O)c1ccc(OC(=O)CCCCCCCCC(=O)Oc2ccc(C(N)=O)cc2)cc1. The second kappa shape index (κ2) is 12.9. The summed E-state index contributed by atoms with van der Waals surface area (Å²) in [7, 11) is 0. The molecular formula is C24H28N2O6. The lowest BCUT2D eigenvalue weighted by atomic mass is 10.1. The topological polar surface area (TPSA) is 139 Å². The zero-order valence-electron chi connectivity index (χ0n) is 17.9. The molecule has 0 aliphatic carbocycles. The summed E-state index contributed by atoms with van der Waals surface area (Å²) in [6.07, 6.45) is 5.80. The first-order chi connectivity index (χ1) is 15.3. The second-order valence-electron chi connectivity index (χ2n) is 7.35. The molecule has 0 bridgehead atoms. The maximum Gasteiger partial charge on any atom is 0.311 e. The number of carbonyl (C=O) groups is 4. The highest BCUT2D eigenvalue weighted by atomic mass is 16.5. The molecule has 8 heteroatoms. The molecule has 8 nitrogen and oxygen atoms in total. The first-order valence-corrected chi connectivity index (χ1v) is 10.6. The summed E-state index contributed by atoms with van der Waals surface area (Å²) in [5.74, 6) is -0.925. The summed E-state index contributed by atoms with van der Waals surface area (Å²) in [6, 6.07) is 12.2. The van der Waals surface area contributed by atoms with Crippen LogP contribution in [-0.2, 0) is 9.59 Å². The minimum atomic E-state index is -0.531. The predicted octanol–water partition coefficient (Wildman–Crippen LogP) is 3.52. The van der Waals surface area contributed by atoms with Gasteiger partial charge in [0.25, 0.3) is 0 Å². The molecular weight excluding hydrogens is 412 g/mol. The molecule has 170 valence electrons. The van der Waals surface area contributed by atoms with Crippen LogP contribution < -0.4 is 20.9 Å². The van der Waals surface area contributed by atoms with E-state index in [9.17, 15) is 19.2 Å². The standard InChI is InChI=1S/C24H28N2O6/c25-23(29)17-9-13-19(14-10-17)31-21(27)7-5-3-1-2-4-6-8-22(28)32-20-15-11-18(12-16-20)24(26)30/h9-16H,1-8H2,(H2,25,29)(H2,26,30). The minimum absolute atomic E-state index is 0.316. The predicted molar refractivity (Wildman–Crippen MR) is 118 cm³/mol. The first-order valence-electron chi connectivity index (χ1n) is 10.6. The summed E-state index contributed by atoms with van der Waals surface area (Å²) in [4.78, 5) is 45.7. The van der Waals surface area contributed by atoms with E-state index in [0.29, 0.717) is 35.5 Å². The summed E-state index contributed by atoms with van der Waals surface area (Å²) in [6.45, 7) is 0. The van der Waals surface area contributed by atoms with Crippen LogP contribution in [0.25, 0.3) is 0 Å². The Balaban J connectivity index is 1.50. The van der Waals surface area contributed by atoms with Gasteiger partial charge in [-0.1, -0.05) is 25.7 Å². The van der Waals surface area contributed by atoms with E-state index in [1.165, 1.54) is 24.3 Å². The molecule has 0 heterocycles. The number of rotatable bonds is 13. The van der Waals surface area contributed by atoms with Crippen LogP contribution in [0.1, 0.15) is 72.1 Å². The number of esters is 2. The van der Waals surface area contributed by atoms with Crippen molar-refractivity contribution in [2.24, 2.45) is 11.5 Å². The van der Waals surface area contributed by atoms with Crippen LogP contribution in [0, 0.1) is 0 Å². The highest BCUT2D eigenvalue weighted by Crippen LogP contribution is 2.16. The molecule has 0 radical (unpaired) electrons. The van der Waals surface area contributed by atoms with Gasteiger partial charge in [-0.25, -0.2) is 0 Å². The van der Waals surface area contributed by atoms with E-state index >= 15 is 0 Å². The van der Waals surface area contributed by atoms with Crippen LogP contribution >= 0.6 is 0 Å². The van der Waals surface area contributed by atoms with Gasteiger partial charge in [0.15, 0.2) is 0 Å². The van der Waals surface area contributed by atoms with Crippen LogP contribution in [0.5, 0.6) is 11.5 Å². The Morgan fingerprint density at radius 1 is 0.531 bits per heavy atom. The van der Waals surface area contributed by atoms with Gasteiger partial charge in [0, 0.05) is 24.0 Å². The Hall–Kier alpha value is -3.68. The zero-order chi connectivity index (χ0) is 23.3. The Kier molecular flexibility index (Phi) is 9.90. The van der Waals surface area contributed by atoms with Gasteiger partial charge in [0.2, 0.25) is 11.8 Å². The van der Waals surface area contributed by atoms with E-state index in [2.05, 4.69) is 0 Å². The normalized spacial score (nSPS) is 10.4. The van der Waals surface area contributed by atoms with Crippen molar-refractivity contribution in [3.8, 4) is 11.5 Å². The maximum absolute atomic E-state index is 11.9. The van der Waals surface area contributed by atoms with Gasteiger partial charge in [-0.3, -0.25) is 19.2 Å². The average Bonchev–Trinajstić information content (AvgIpc) is 2.76. The van der Waals surface area contributed by atoms with E-state index in [0.717, 1.165) is 38.5 Å². The summed E-state index contributed by atoms with van der Waals surface area (Å²) >= 11 is 0. The molecule has 0 unspecified atom stereocenters. The molecule has 2 aromatic carbocycles. The van der Waals surface area contributed by atoms with E-state index in [1.807, 2.05) is 0 Å². The number of hydrogen-bond acceptors (Lipinski definition) is 6. The monoisotopic (exact) mass is 440 g/mol. The maximum atomic E-state index is 11.9. The number of carbonyl (C=O) groups excluding carboxylic acids is 4. The van der Waals surface area contributed by atoms with Gasteiger partial charge in [-0.05, 0) is 61.4 Å². The highest BCUT2D eigenvalue weighted by molar-refractivity contribution is 5.93. The van der Waals surface area contributed by atoms with Gasteiger partial charge in [0.05, 0.1) is 0 Å². The number of unbranched alkanes of at least 4 members (excludes halogenated alkanes) is 5. The second-order valence-corrected chi connectivity index (χ2v) is 7.35. The van der Waals surface area contributed by atoms with Gasteiger partial charge in [-0.2, -0.15) is 0 Å². The molecule has 0 aliphatic rings. The van der Waals surface area contributed by atoms with Crippen molar-refractivity contribution in [3.05, 3.63) is 59.7 Å².